The van der Waals surface area contributed by atoms with Crippen LogP contribution >= 0.6 is 0 Å². The van der Waals surface area contributed by atoms with Crippen LogP contribution in [0.2, 0.25) is 0 Å². The molecule has 2 bridgehead atoms. The Morgan fingerprint density at radius 3 is 1.91 bits per heavy atom. The average Bonchev–Trinajstić information content (AvgIpc) is 3.87. The highest BCUT2D eigenvalue weighted by Gasteiger charge is 2.48. The van der Waals surface area contributed by atoms with Gasteiger partial charge in [0.1, 0.15) is 0 Å². The van der Waals surface area contributed by atoms with E-state index in [1.54, 1.807) is 0 Å². The molecule has 264 valence electrons. The van der Waals surface area contributed by atoms with Crippen LogP contribution in [-0.4, -0.2) is 8.42 Å². The van der Waals surface area contributed by atoms with Crippen molar-refractivity contribution >= 4 is 26.9 Å². The first-order chi connectivity index (χ1) is 25.6. The molecule has 2 saturated carbocycles. The van der Waals surface area contributed by atoms with Gasteiger partial charge in [0.2, 0.25) is 9.84 Å². The van der Waals surface area contributed by atoms with Crippen LogP contribution in [0.3, 0.4) is 0 Å². The third kappa shape index (κ3) is 4.94. The molecule has 2 fully saturated rings. The Hall–Kier alpha value is -4.93. The molecule has 1 unspecified atom stereocenters. The molecule has 4 aliphatic rings. The maximum Gasteiger partial charge on any atom is 0.207 e. The molecule has 0 radical (unpaired) electrons. The maximum absolute atomic E-state index is 14.4. The Kier molecular flexibility index (Phi) is 7.27. The summed E-state index contributed by atoms with van der Waals surface area (Å²) in [6.07, 6.45) is 6.22. The van der Waals surface area contributed by atoms with Gasteiger partial charge in [0.25, 0.3) is 0 Å². The van der Waals surface area contributed by atoms with E-state index in [2.05, 4.69) is 129 Å². The van der Waals surface area contributed by atoms with Crippen molar-refractivity contribution in [2.24, 2.45) is 17.8 Å². The first-order valence-electron chi connectivity index (χ1n) is 19.3. The number of hydrogen-bond donors (Lipinski definition) is 0. The summed E-state index contributed by atoms with van der Waals surface area (Å²) in [7, 11) is -3.70. The smallest absolute Gasteiger partial charge is 0.207 e. The van der Waals surface area contributed by atoms with Crippen LogP contribution in [0.1, 0.15) is 75.1 Å². The van der Waals surface area contributed by atoms with Crippen molar-refractivity contribution in [2.45, 2.75) is 73.5 Å². The Morgan fingerprint density at radius 1 is 0.566 bits per heavy atom. The highest BCUT2D eigenvalue weighted by molar-refractivity contribution is 7.91. The van der Waals surface area contributed by atoms with Crippen molar-refractivity contribution < 1.29 is 8.42 Å². The lowest BCUT2D eigenvalue weighted by Crippen LogP contribution is -2.35. The molecule has 53 heavy (non-hydrogen) atoms. The third-order valence-electron chi connectivity index (χ3n) is 13.5. The molecule has 4 heteroatoms. The molecule has 10 rings (SSSR count). The highest BCUT2D eigenvalue weighted by atomic mass is 32.2. The number of hydrogen-bond acceptors (Lipinski definition) is 3. The average molecular weight is 712 g/mol. The van der Waals surface area contributed by atoms with E-state index in [4.69, 9.17) is 0 Å². The van der Waals surface area contributed by atoms with Crippen LogP contribution in [0, 0.1) is 17.8 Å². The second-order valence-electron chi connectivity index (χ2n) is 16.8. The van der Waals surface area contributed by atoms with Crippen LogP contribution in [0.5, 0.6) is 0 Å². The minimum absolute atomic E-state index is 0.155. The lowest BCUT2D eigenvalue weighted by molar-refractivity contribution is 0.266. The molecular formula is C49H45NO2S. The zero-order chi connectivity index (χ0) is 36.1. The topological polar surface area (TPSA) is 37.4 Å². The van der Waals surface area contributed by atoms with E-state index in [-0.39, 0.29) is 5.41 Å². The number of rotatable bonds is 6. The van der Waals surface area contributed by atoms with E-state index in [9.17, 15) is 8.42 Å². The van der Waals surface area contributed by atoms with Gasteiger partial charge < -0.3 is 4.90 Å². The normalized spacial score (nSPS) is 23.9. The fraction of sp³-hybridized carbons (Fsp3) is 0.265. The molecule has 0 aromatic heterocycles. The predicted molar refractivity (Wildman–Crippen MR) is 216 cm³/mol. The lowest BCUT2D eigenvalue weighted by atomic mass is 9.67. The molecule has 1 aliphatic heterocycles. The first kappa shape index (κ1) is 32.7. The van der Waals surface area contributed by atoms with Crippen molar-refractivity contribution in [1.29, 1.82) is 0 Å². The van der Waals surface area contributed by atoms with Crippen LogP contribution in [0.4, 0.5) is 17.1 Å². The lowest BCUT2D eigenvalue weighted by Gasteiger charge is -2.41. The molecule has 1 heterocycles. The van der Waals surface area contributed by atoms with Gasteiger partial charge in [0.05, 0.1) is 9.79 Å². The second kappa shape index (κ2) is 11.8. The van der Waals surface area contributed by atoms with Gasteiger partial charge in [0, 0.05) is 27.9 Å². The van der Waals surface area contributed by atoms with Crippen LogP contribution in [0.25, 0.3) is 22.3 Å². The van der Waals surface area contributed by atoms with Crippen molar-refractivity contribution in [3.63, 3.8) is 0 Å². The Labute approximate surface area is 314 Å². The Bertz CT molecular complexity index is 2520. The van der Waals surface area contributed by atoms with Gasteiger partial charge >= 0.3 is 0 Å². The number of fused-ring (bicyclic) bond motifs is 7. The fourth-order valence-electron chi connectivity index (χ4n) is 10.8. The summed E-state index contributed by atoms with van der Waals surface area (Å²) in [6.45, 7) is 6.97. The van der Waals surface area contributed by atoms with Gasteiger partial charge in [-0.3, -0.25) is 0 Å². The summed E-state index contributed by atoms with van der Waals surface area (Å²) in [5, 5.41) is 0. The molecule has 3 nitrogen and oxygen atoms in total. The molecule has 0 N–H and O–H groups in total. The first-order valence-corrected chi connectivity index (χ1v) is 20.8. The third-order valence-corrected chi connectivity index (χ3v) is 15.4. The largest absolute Gasteiger partial charge is 0.310 e. The van der Waals surface area contributed by atoms with E-state index in [0.29, 0.717) is 15.7 Å². The van der Waals surface area contributed by atoms with E-state index in [1.807, 2.05) is 36.4 Å². The summed E-state index contributed by atoms with van der Waals surface area (Å²) in [4.78, 5) is 3.26. The molecule has 6 aromatic rings. The number of anilines is 3. The van der Waals surface area contributed by atoms with Crippen molar-refractivity contribution in [1.82, 2.24) is 0 Å². The van der Waals surface area contributed by atoms with Gasteiger partial charge in [-0.2, -0.15) is 0 Å². The molecule has 0 saturated heterocycles. The van der Waals surface area contributed by atoms with Crippen molar-refractivity contribution in [3.05, 3.63) is 162 Å². The summed E-state index contributed by atoms with van der Waals surface area (Å²) < 4.78 is 28.9. The summed E-state index contributed by atoms with van der Waals surface area (Å²) >= 11 is 0. The van der Waals surface area contributed by atoms with E-state index < -0.39 is 15.3 Å². The van der Waals surface area contributed by atoms with Gasteiger partial charge in [-0.05, 0) is 136 Å². The Morgan fingerprint density at radius 2 is 1.17 bits per heavy atom. The van der Waals surface area contributed by atoms with E-state index in [0.717, 1.165) is 52.0 Å². The van der Waals surface area contributed by atoms with Gasteiger partial charge in [0.15, 0.2) is 0 Å². The maximum atomic E-state index is 14.4. The summed E-state index contributed by atoms with van der Waals surface area (Å²) in [5.41, 5.74) is 11.9. The SMILES string of the molecule is CC1(C)c2ccccc2-c2ccc(N(c3ccc(-c4ccccc4)cc3)c3ccc4c(c3)[C@@](C)(CC3C[C@@H]5CC[C@H]3C5)c3ccccc3S4(=O)=O)cc21. The molecule has 0 amide bonds. The van der Waals surface area contributed by atoms with Crippen LogP contribution in [0.15, 0.2) is 149 Å². The highest BCUT2D eigenvalue weighted by Crippen LogP contribution is 2.57. The quantitative estimate of drug-likeness (QED) is 0.173. The molecule has 0 spiro atoms. The fourth-order valence-corrected chi connectivity index (χ4v) is 12.7. The standard InChI is InChI=1S/C49H45NO2S/c1-48(2)42-14-8-7-13-40(42)41-25-23-38(29-44(41)48)50(37-21-19-34(20-22-37)33-11-5-4-6-12-33)39-24-26-47-45(30-39)49(3,31-36-28-32-17-18-35(36)27-32)43-15-9-10-16-46(43)53(47,51)52/h4-16,19-26,29-30,32,35-36H,17-18,27-28,31H2,1-3H3/t32-,35+,36?,49+/m1/s1. The number of benzene rings is 6. The zero-order valence-corrected chi connectivity index (χ0v) is 31.5. The van der Waals surface area contributed by atoms with Crippen LogP contribution < -0.4 is 4.90 Å². The van der Waals surface area contributed by atoms with Gasteiger partial charge in [-0.1, -0.05) is 118 Å². The zero-order valence-electron chi connectivity index (χ0n) is 30.7. The van der Waals surface area contributed by atoms with Crippen molar-refractivity contribution in [3.8, 4) is 22.3 Å². The number of nitrogens with zero attached hydrogens (tertiary/aromatic N) is 1. The minimum Gasteiger partial charge on any atom is -0.310 e. The number of sulfone groups is 1. The van der Waals surface area contributed by atoms with E-state index >= 15 is 0 Å². The van der Waals surface area contributed by atoms with Crippen LogP contribution in [-0.2, 0) is 20.7 Å². The monoisotopic (exact) mass is 711 g/mol. The van der Waals surface area contributed by atoms with Gasteiger partial charge in [-0.25, -0.2) is 8.42 Å². The minimum atomic E-state index is -3.70. The molecule has 3 aliphatic carbocycles. The second-order valence-corrected chi connectivity index (χ2v) is 18.7. The summed E-state index contributed by atoms with van der Waals surface area (Å²) in [5.74, 6) is 2.17. The molecular weight excluding hydrogens is 667 g/mol. The summed E-state index contributed by atoms with van der Waals surface area (Å²) in [6, 6.07) is 48.9. The van der Waals surface area contributed by atoms with Gasteiger partial charge in [-0.15, -0.1) is 0 Å². The van der Waals surface area contributed by atoms with Crippen molar-refractivity contribution in [2.75, 3.05) is 4.90 Å². The molecule has 4 atom stereocenters. The van der Waals surface area contributed by atoms with E-state index in [1.165, 1.54) is 53.5 Å². The predicted octanol–water partition coefficient (Wildman–Crippen LogP) is 12.4. The molecule has 6 aromatic carbocycles. The Balaban J connectivity index is 1.16.